The summed E-state index contributed by atoms with van der Waals surface area (Å²) in [5.41, 5.74) is 0. The molecule has 0 spiro atoms. The van der Waals surface area contributed by atoms with E-state index in [4.69, 9.17) is 12.6 Å². The molecule has 0 amide bonds. The summed E-state index contributed by atoms with van der Waals surface area (Å²) in [7, 11) is 0. The van der Waals surface area contributed by atoms with Crippen LogP contribution >= 0.6 is 12.4 Å². The van der Waals surface area contributed by atoms with Gasteiger partial charge in [-0.05, 0) is 0 Å². The van der Waals surface area contributed by atoms with E-state index in [1.165, 1.54) is 0 Å². The van der Waals surface area contributed by atoms with E-state index in [0.29, 0.717) is 0 Å². The number of hydrogen-bond donors (Lipinski definition) is 1. The van der Waals surface area contributed by atoms with Gasteiger partial charge in [-0.2, -0.15) is 0 Å². The van der Waals surface area contributed by atoms with Crippen LogP contribution in [0.15, 0.2) is 0 Å². The average Bonchev–Trinajstić information content (AvgIpc) is 0.811. The second-order valence-corrected chi connectivity index (χ2v) is 0.982. The first-order valence-corrected chi connectivity index (χ1v) is 2.41. The van der Waals surface area contributed by atoms with Gasteiger partial charge in [-0.15, -0.1) is 12.4 Å². The Labute approximate surface area is 75.0 Å². The molecule has 3 N–H and O–H groups in total. The van der Waals surface area contributed by atoms with Crippen molar-refractivity contribution in [2.24, 2.45) is 0 Å². The molecule has 4 nitrogen and oxygen atoms in total. The molecule has 42 valence electrons. The predicted molar refractivity (Wildman–Crippen MR) is 12.3 cm³/mol. The topological polar surface area (TPSA) is 104 Å². The van der Waals surface area contributed by atoms with Crippen LogP contribution in [0.1, 0.15) is 0 Å². The van der Waals surface area contributed by atoms with Crippen LogP contribution in [0.4, 0.5) is 0 Å². The fourth-order valence-electron chi connectivity index (χ4n) is 0. The Morgan fingerprint density at radius 2 is 1.00 bits per heavy atom. The Kier molecular flexibility index (Phi) is 52.4. The maximum Gasteiger partial charge on any atom is 1.00 e. The van der Waals surface area contributed by atoms with Crippen LogP contribution in [0.3, 0.4) is 0 Å². The van der Waals surface area contributed by atoms with Crippen molar-refractivity contribution in [2.75, 3.05) is 0 Å². The minimum absolute atomic E-state index is 0. The second kappa shape index (κ2) is 15.6. The molecule has 0 unspecified atom stereocenters. The molecule has 0 saturated carbocycles. The van der Waals surface area contributed by atoms with Gasteiger partial charge in [-0.1, -0.05) is 0 Å². The van der Waals surface area contributed by atoms with Crippen LogP contribution in [0, 0.1) is 14.8 Å². The zero-order valence-electron chi connectivity index (χ0n) is 3.72. The van der Waals surface area contributed by atoms with E-state index in [0.717, 1.165) is 0 Å². The summed E-state index contributed by atoms with van der Waals surface area (Å²) in [5.74, 6) is 0. The van der Waals surface area contributed by atoms with Gasteiger partial charge in [-0.25, -0.2) is 0 Å². The first kappa shape index (κ1) is 23.5. The molecule has 0 aliphatic heterocycles. The van der Waals surface area contributed by atoms with Crippen LogP contribution in [-0.2, 0) is 0 Å². The Balaban J connectivity index is -0.0000000150. The van der Waals surface area contributed by atoms with Crippen LogP contribution in [0.25, 0.3) is 0 Å². The van der Waals surface area contributed by atoms with Crippen LogP contribution in [0.5, 0.6) is 0 Å². The Morgan fingerprint density at radius 1 is 1.00 bits per heavy atom. The summed E-state index contributed by atoms with van der Waals surface area (Å²) in [5, 5.41) is 0. The van der Waals surface area contributed by atoms with Gasteiger partial charge in [0.2, 0.25) is 14.8 Å². The normalized spacial score (nSPS) is 5.14. The molecule has 7 heavy (non-hydrogen) atoms. The van der Waals surface area contributed by atoms with Crippen molar-refractivity contribution >= 4 is 12.4 Å². The fourth-order valence-corrected chi connectivity index (χ4v) is 0. The zero-order valence-corrected chi connectivity index (χ0v) is 8.12. The van der Waals surface area contributed by atoms with Crippen molar-refractivity contribution in [1.29, 1.82) is 0 Å². The van der Waals surface area contributed by atoms with E-state index in [1.54, 1.807) is 0 Å². The monoisotopic (exact) mass is 203 g/mol. The summed E-state index contributed by atoms with van der Waals surface area (Å²) in [6.07, 6.45) is 0. The third kappa shape index (κ3) is 92.4. The standard InChI is InChI=1S/BrO3.ClH.H3N.Na/c2-1(3)4;;;/h;1H;1H3;/q-1;;;+1. The van der Waals surface area contributed by atoms with E-state index in [-0.39, 0.29) is 48.1 Å². The van der Waals surface area contributed by atoms with Gasteiger partial charge in [0.15, 0.2) is 0 Å². The minimum Gasteiger partial charge on any atom is -0.405 e. The van der Waals surface area contributed by atoms with Crippen molar-refractivity contribution in [3.05, 3.63) is 0 Å². The largest absolute Gasteiger partial charge is 1.00 e. The molecule has 7 heteroatoms. The Bertz CT molecular complexity index is 19.7. The smallest absolute Gasteiger partial charge is 0.405 e. The minimum atomic E-state index is -3.65. The van der Waals surface area contributed by atoms with E-state index < -0.39 is 14.8 Å². The van der Waals surface area contributed by atoms with E-state index >= 15 is 0 Å². The second-order valence-electron chi connectivity index (χ2n) is 0.189. The summed E-state index contributed by atoms with van der Waals surface area (Å²) in [4.78, 5) is 0. The summed E-state index contributed by atoms with van der Waals surface area (Å²) < 4.78 is 25.6. The molecular formula is H4BrClNNaO3. The average molecular weight is 204 g/mol. The van der Waals surface area contributed by atoms with Crippen molar-refractivity contribution in [3.8, 4) is 0 Å². The molecule has 0 saturated heterocycles. The van der Waals surface area contributed by atoms with Gasteiger partial charge >= 0.3 is 29.6 Å². The number of rotatable bonds is 0. The number of hydrogen-bond acceptors (Lipinski definition) is 4. The maximum atomic E-state index is 8.52. The summed E-state index contributed by atoms with van der Waals surface area (Å²) >= 11 is -3.65. The summed E-state index contributed by atoms with van der Waals surface area (Å²) in [6, 6.07) is 0. The predicted octanol–water partition coefficient (Wildman–Crippen LogP) is -5.98. The zero-order chi connectivity index (χ0) is 3.58. The first-order chi connectivity index (χ1) is 1.73. The van der Waals surface area contributed by atoms with Crippen molar-refractivity contribution in [1.82, 2.24) is 6.15 Å². The molecule has 0 rings (SSSR count). The van der Waals surface area contributed by atoms with Crippen LogP contribution < -0.4 is 48.3 Å². The Morgan fingerprint density at radius 3 is 1.00 bits per heavy atom. The third-order valence-corrected chi connectivity index (χ3v) is 0. The fraction of sp³-hybridized carbons (Fsp3) is 0. The maximum absolute atomic E-state index is 8.52. The molecule has 0 fully saturated rings. The molecule has 0 aromatic rings. The molecule has 0 heterocycles. The van der Waals surface area contributed by atoms with Crippen LogP contribution in [0.2, 0.25) is 0 Å². The number of halogens is 2. The van der Waals surface area contributed by atoms with Gasteiger partial charge in [0.1, 0.15) is 0 Å². The molecule has 0 aromatic carbocycles. The summed E-state index contributed by atoms with van der Waals surface area (Å²) in [6.45, 7) is 0. The van der Waals surface area contributed by atoms with E-state index in [2.05, 4.69) is 0 Å². The van der Waals surface area contributed by atoms with Gasteiger partial charge in [-0.3, -0.25) is 0 Å². The van der Waals surface area contributed by atoms with Crippen molar-refractivity contribution in [2.45, 2.75) is 0 Å². The molecule has 0 atom stereocenters. The molecule has 0 aromatic heterocycles. The van der Waals surface area contributed by atoms with Gasteiger partial charge in [0.05, 0.1) is 0 Å². The molecular weight excluding hydrogens is 200 g/mol. The SMILES string of the molecule is Cl.N.[Na+].[O-][Br+2]([O-])[O-]. The van der Waals surface area contributed by atoms with Crippen molar-refractivity contribution < 1.29 is 57.0 Å². The quantitative estimate of drug-likeness (QED) is 0.397. The molecule has 0 aliphatic rings. The van der Waals surface area contributed by atoms with Crippen LogP contribution in [-0.4, -0.2) is 0 Å². The molecule has 0 bridgehead atoms. The van der Waals surface area contributed by atoms with Gasteiger partial charge in [0, 0.05) is 0 Å². The molecule has 0 radical (unpaired) electrons. The van der Waals surface area contributed by atoms with Gasteiger partial charge < -0.3 is 18.7 Å². The first-order valence-electron chi connectivity index (χ1n) is 0.463. The van der Waals surface area contributed by atoms with Gasteiger partial charge in [0.25, 0.3) is 0 Å². The Hall–Kier alpha value is 1.61. The third-order valence-electron chi connectivity index (χ3n) is 0. The molecule has 0 aliphatic carbocycles. The van der Waals surface area contributed by atoms with E-state index in [1.807, 2.05) is 0 Å². The van der Waals surface area contributed by atoms with E-state index in [9.17, 15) is 0 Å². The van der Waals surface area contributed by atoms with Crippen molar-refractivity contribution in [3.63, 3.8) is 0 Å².